The molecular weight excluding hydrogens is 375 g/mol. The van der Waals surface area contributed by atoms with Crippen LogP contribution in [0.3, 0.4) is 0 Å². The zero-order valence-electron chi connectivity index (χ0n) is 15.8. The fourth-order valence-electron chi connectivity index (χ4n) is 3.62. The molecule has 28 heavy (non-hydrogen) atoms. The lowest BCUT2D eigenvalue weighted by molar-refractivity contribution is -0.137. The number of halogens is 3. The Hall–Kier alpha value is -2.42. The van der Waals surface area contributed by atoms with Gasteiger partial charge in [0.1, 0.15) is 6.54 Å². The maximum Gasteiger partial charge on any atom is 0.416 e. The van der Waals surface area contributed by atoms with E-state index < -0.39 is 34.8 Å². The summed E-state index contributed by atoms with van der Waals surface area (Å²) in [5, 5.41) is 16.6. The molecule has 0 saturated heterocycles. The summed E-state index contributed by atoms with van der Waals surface area (Å²) in [7, 11) is 0. The molecule has 2 aromatic rings. The van der Waals surface area contributed by atoms with E-state index in [2.05, 4.69) is 10.4 Å². The van der Waals surface area contributed by atoms with Crippen molar-refractivity contribution in [3.8, 4) is 0 Å². The van der Waals surface area contributed by atoms with Crippen LogP contribution in [0, 0.1) is 0 Å². The molecule has 6 nitrogen and oxygen atoms in total. The second-order valence-corrected chi connectivity index (χ2v) is 7.93. The summed E-state index contributed by atoms with van der Waals surface area (Å²) >= 11 is 0. The number of hydrogen-bond acceptors (Lipinski definition) is 4. The largest absolute Gasteiger partial charge is 0.416 e. The first-order chi connectivity index (χ1) is 12.9. The van der Waals surface area contributed by atoms with Crippen LogP contribution in [0.1, 0.15) is 50.8 Å². The quantitative estimate of drug-likeness (QED) is 0.831. The third kappa shape index (κ3) is 3.89. The smallest absolute Gasteiger partial charge is 0.393 e. The first-order valence-corrected chi connectivity index (χ1v) is 9.01. The monoisotopic (exact) mass is 397 g/mol. The Labute approximate surface area is 159 Å². The summed E-state index contributed by atoms with van der Waals surface area (Å²) in [4.78, 5) is 25.0. The van der Waals surface area contributed by atoms with E-state index in [1.807, 2.05) is 0 Å². The van der Waals surface area contributed by atoms with Gasteiger partial charge >= 0.3 is 6.18 Å². The van der Waals surface area contributed by atoms with Gasteiger partial charge in [0.15, 0.2) is 0 Å². The molecule has 1 aliphatic rings. The average molecular weight is 397 g/mol. The average Bonchev–Trinajstić information content (AvgIpc) is 2.54. The van der Waals surface area contributed by atoms with Crippen molar-refractivity contribution in [2.24, 2.45) is 0 Å². The number of aromatic nitrogens is 2. The number of aliphatic hydroxyl groups is 1. The molecule has 1 aromatic carbocycles. The number of hydrogen-bond donors (Lipinski definition) is 2. The Bertz CT molecular complexity index is 976. The number of benzene rings is 1. The topological polar surface area (TPSA) is 84.2 Å². The number of amides is 1. The van der Waals surface area contributed by atoms with Gasteiger partial charge in [0.05, 0.1) is 22.7 Å². The molecule has 1 aromatic heterocycles. The van der Waals surface area contributed by atoms with Gasteiger partial charge in [0.2, 0.25) is 5.91 Å². The highest BCUT2D eigenvalue weighted by Crippen LogP contribution is 2.33. The highest BCUT2D eigenvalue weighted by Gasteiger charge is 2.40. The number of nitrogens with one attached hydrogen (secondary N) is 1. The summed E-state index contributed by atoms with van der Waals surface area (Å²) in [6.45, 7) is 4.97. The van der Waals surface area contributed by atoms with Crippen molar-refractivity contribution in [1.82, 2.24) is 15.1 Å². The van der Waals surface area contributed by atoms with Crippen LogP contribution in [-0.2, 0) is 17.5 Å². The van der Waals surface area contributed by atoms with Crippen molar-refractivity contribution < 1.29 is 23.1 Å². The third-order valence-corrected chi connectivity index (χ3v) is 4.97. The molecule has 0 radical (unpaired) electrons. The number of aliphatic hydroxyl groups excluding tert-OH is 1. The molecule has 1 fully saturated rings. The van der Waals surface area contributed by atoms with Gasteiger partial charge in [-0.15, -0.1) is 0 Å². The Balaban J connectivity index is 1.99. The van der Waals surface area contributed by atoms with Gasteiger partial charge in [0, 0.05) is 10.9 Å². The van der Waals surface area contributed by atoms with Gasteiger partial charge in [-0.3, -0.25) is 9.59 Å². The van der Waals surface area contributed by atoms with Gasteiger partial charge in [0.25, 0.3) is 5.56 Å². The lowest BCUT2D eigenvalue weighted by Gasteiger charge is -2.43. The molecule has 3 rings (SSSR count). The van der Waals surface area contributed by atoms with Gasteiger partial charge in [-0.1, -0.05) is 13.8 Å². The summed E-state index contributed by atoms with van der Waals surface area (Å²) in [6.07, 6.45) is -4.13. The van der Waals surface area contributed by atoms with E-state index in [1.165, 1.54) is 0 Å². The minimum atomic E-state index is -4.53. The predicted octanol–water partition coefficient (Wildman–Crippen LogP) is 2.57. The van der Waals surface area contributed by atoms with Crippen molar-refractivity contribution >= 4 is 16.7 Å². The lowest BCUT2D eigenvalue weighted by atomic mass is 9.76. The second kappa shape index (κ2) is 6.88. The number of fused-ring (bicyclic) bond motifs is 1. The molecule has 0 unspecified atom stereocenters. The molecule has 1 heterocycles. The summed E-state index contributed by atoms with van der Waals surface area (Å²) in [5.41, 5.74) is -1.68. The zero-order chi connectivity index (χ0) is 20.9. The molecule has 0 spiro atoms. The van der Waals surface area contributed by atoms with E-state index in [9.17, 15) is 27.9 Å². The Morgan fingerprint density at radius 1 is 1.36 bits per heavy atom. The minimum absolute atomic E-state index is 0.0878. The molecule has 9 heteroatoms. The summed E-state index contributed by atoms with van der Waals surface area (Å²) < 4.78 is 40.1. The third-order valence-electron chi connectivity index (χ3n) is 4.97. The minimum Gasteiger partial charge on any atom is -0.393 e. The van der Waals surface area contributed by atoms with E-state index in [4.69, 9.17) is 0 Å². The van der Waals surface area contributed by atoms with Crippen LogP contribution in [0.25, 0.3) is 10.8 Å². The van der Waals surface area contributed by atoms with Crippen LogP contribution < -0.4 is 10.9 Å². The SMILES string of the molecule is CC(C)c1nn(CC(=O)NC2(C)CC(O)C2)c(=O)c2ccc(C(F)(F)F)cc12. The molecule has 0 bridgehead atoms. The van der Waals surface area contributed by atoms with Gasteiger partial charge in [-0.2, -0.15) is 18.3 Å². The van der Waals surface area contributed by atoms with Gasteiger partial charge in [-0.05, 0) is 43.9 Å². The highest BCUT2D eigenvalue weighted by atomic mass is 19.4. The Morgan fingerprint density at radius 3 is 2.54 bits per heavy atom. The summed E-state index contributed by atoms with van der Waals surface area (Å²) in [6, 6.07) is 2.92. The predicted molar refractivity (Wildman–Crippen MR) is 96.9 cm³/mol. The second-order valence-electron chi connectivity index (χ2n) is 7.93. The van der Waals surface area contributed by atoms with E-state index in [1.54, 1.807) is 20.8 Å². The van der Waals surface area contributed by atoms with Crippen LogP contribution in [0.2, 0.25) is 0 Å². The Morgan fingerprint density at radius 2 is 2.00 bits per heavy atom. The normalized spacial score (nSPS) is 22.4. The maximum atomic E-state index is 13.1. The van der Waals surface area contributed by atoms with E-state index in [0.717, 1.165) is 22.9 Å². The molecule has 0 atom stereocenters. The maximum absolute atomic E-state index is 13.1. The Kier molecular flexibility index (Phi) is 4.99. The standard InChI is InChI=1S/C19H22F3N3O3/c1-10(2)16-14-6-11(19(20,21)22)4-5-13(14)17(28)25(24-16)9-15(27)23-18(3)7-12(26)8-18/h4-6,10,12,26H,7-9H2,1-3H3,(H,23,27). The first-order valence-electron chi connectivity index (χ1n) is 9.01. The number of alkyl halides is 3. The van der Waals surface area contributed by atoms with Gasteiger partial charge < -0.3 is 10.4 Å². The van der Waals surface area contributed by atoms with Crippen LogP contribution in [0.15, 0.2) is 23.0 Å². The molecule has 0 aliphatic heterocycles. The number of carbonyl (C=O) groups excluding carboxylic acids is 1. The van der Waals surface area contributed by atoms with Crippen LogP contribution in [0.4, 0.5) is 13.2 Å². The fraction of sp³-hybridized carbons (Fsp3) is 0.526. The van der Waals surface area contributed by atoms with Crippen LogP contribution >= 0.6 is 0 Å². The molecule has 1 aliphatic carbocycles. The zero-order valence-corrected chi connectivity index (χ0v) is 15.8. The van der Waals surface area contributed by atoms with Crippen molar-refractivity contribution in [2.45, 2.75) is 63.9 Å². The van der Waals surface area contributed by atoms with Crippen molar-refractivity contribution in [2.75, 3.05) is 0 Å². The molecule has 1 amide bonds. The van der Waals surface area contributed by atoms with Crippen molar-refractivity contribution in [3.63, 3.8) is 0 Å². The van der Waals surface area contributed by atoms with Gasteiger partial charge in [-0.25, -0.2) is 4.68 Å². The highest BCUT2D eigenvalue weighted by molar-refractivity contribution is 5.85. The fourth-order valence-corrected chi connectivity index (χ4v) is 3.62. The summed E-state index contributed by atoms with van der Waals surface area (Å²) in [5.74, 6) is -0.690. The number of carbonyl (C=O) groups is 1. The molecule has 2 N–H and O–H groups in total. The van der Waals surface area contributed by atoms with E-state index in [0.29, 0.717) is 18.5 Å². The van der Waals surface area contributed by atoms with Crippen LogP contribution in [-0.4, -0.2) is 32.4 Å². The first kappa shape index (κ1) is 20.3. The van der Waals surface area contributed by atoms with Crippen molar-refractivity contribution in [1.29, 1.82) is 0 Å². The van der Waals surface area contributed by atoms with E-state index >= 15 is 0 Å². The molecular formula is C19H22F3N3O3. The lowest BCUT2D eigenvalue weighted by Crippen LogP contribution is -2.58. The van der Waals surface area contributed by atoms with E-state index in [-0.39, 0.29) is 23.2 Å². The number of nitrogens with zero attached hydrogens (tertiary/aromatic N) is 2. The van der Waals surface area contributed by atoms with Crippen LogP contribution in [0.5, 0.6) is 0 Å². The molecule has 152 valence electrons. The molecule has 1 saturated carbocycles. The van der Waals surface area contributed by atoms with Crippen molar-refractivity contribution in [3.05, 3.63) is 39.8 Å². The number of rotatable bonds is 4.